The molecule has 1 fully saturated rings. The van der Waals surface area contributed by atoms with Crippen LogP contribution in [0.2, 0.25) is 0 Å². The second-order valence-corrected chi connectivity index (χ2v) is 5.07. The van der Waals surface area contributed by atoms with Gasteiger partial charge in [-0.05, 0) is 12.1 Å². The van der Waals surface area contributed by atoms with Crippen molar-refractivity contribution in [1.82, 2.24) is 4.90 Å². The van der Waals surface area contributed by atoms with E-state index in [9.17, 15) is 0 Å². The highest BCUT2D eigenvalue weighted by Gasteiger charge is 2.20. The second-order valence-electron chi connectivity index (χ2n) is 4.22. The Morgan fingerprint density at radius 1 is 1.53 bits per heavy atom. The fraction of sp³-hybridized carbons (Fsp3) is 0.500. The Morgan fingerprint density at radius 3 is 3.06 bits per heavy atom. The van der Waals surface area contributed by atoms with Gasteiger partial charge in [-0.25, -0.2) is 0 Å². The van der Waals surface area contributed by atoms with E-state index in [0.717, 1.165) is 35.4 Å². The molecule has 3 N–H and O–H groups in total. The number of nitrogens with zero attached hydrogens (tertiary/aromatic N) is 1. The number of benzene rings is 1. The summed E-state index contributed by atoms with van der Waals surface area (Å²) in [6, 6.07) is 5.83. The number of nitrogens with two attached hydrogens (primary N) is 1. The molecule has 17 heavy (non-hydrogen) atoms. The summed E-state index contributed by atoms with van der Waals surface area (Å²) >= 11 is 3.52. The van der Waals surface area contributed by atoms with Crippen LogP contribution in [0.4, 0.5) is 5.69 Å². The predicted molar refractivity (Wildman–Crippen MR) is 70.7 cm³/mol. The van der Waals surface area contributed by atoms with Gasteiger partial charge >= 0.3 is 0 Å². The van der Waals surface area contributed by atoms with Crippen molar-refractivity contribution in [3.8, 4) is 0 Å². The number of ether oxygens (including phenoxy) is 1. The van der Waals surface area contributed by atoms with Crippen molar-refractivity contribution < 1.29 is 9.84 Å². The van der Waals surface area contributed by atoms with Gasteiger partial charge in [-0.2, -0.15) is 0 Å². The number of hydrogen-bond donors (Lipinski definition) is 2. The van der Waals surface area contributed by atoms with Crippen molar-refractivity contribution >= 4 is 21.6 Å². The van der Waals surface area contributed by atoms with Gasteiger partial charge in [-0.3, -0.25) is 4.90 Å². The number of anilines is 1. The van der Waals surface area contributed by atoms with Gasteiger partial charge in [-0.1, -0.05) is 22.0 Å². The van der Waals surface area contributed by atoms with Crippen molar-refractivity contribution in [2.75, 3.05) is 32.0 Å². The zero-order chi connectivity index (χ0) is 12.3. The third-order valence-electron chi connectivity index (χ3n) is 2.96. The van der Waals surface area contributed by atoms with Crippen LogP contribution in [0.25, 0.3) is 0 Å². The molecule has 1 atom stereocenters. The first-order valence-corrected chi connectivity index (χ1v) is 6.47. The summed E-state index contributed by atoms with van der Waals surface area (Å²) in [6.45, 7) is 3.14. The van der Waals surface area contributed by atoms with Crippen molar-refractivity contribution in [3.05, 3.63) is 28.2 Å². The first kappa shape index (κ1) is 12.8. The minimum atomic E-state index is -0.0764. The zero-order valence-electron chi connectivity index (χ0n) is 9.60. The van der Waals surface area contributed by atoms with Crippen LogP contribution in [-0.2, 0) is 11.3 Å². The average molecular weight is 301 g/mol. The Balaban J connectivity index is 2.05. The highest BCUT2D eigenvalue weighted by molar-refractivity contribution is 9.10. The fourth-order valence-electron chi connectivity index (χ4n) is 2.00. The molecule has 0 spiro atoms. The van der Waals surface area contributed by atoms with Crippen LogP contribution in [0.1, 0.15) is 5.56 Å². The normalized spacial score (nSPS) is 21.6. The van der Waals surface area contributed by atoms with Crippen LogP contribution >= 0.6 is 15.9 Å². The smallest absolute Gasteiger partial charge is 0.0933 e. The number of rotatable bonds is 3. The Hall–Kier alpha value is -0.620. The molecule has 1 aromatic rings. The third-order valence-corrected chi connectivity index (χ3v) is 3.71. The molecule has 0 radical (unpaired) electrons. The summed E-state index contributed by atoms with van der Waals surface area (Å²) in [5.74, 6) is 0. The molecule has 2 rings (SSSR count). The van der Waals surface area contributed by atoms with Crippen molar-refractivity contribution in [2.45, 2.75) is 12.6 Å². The summed E-state index contributed by atoms with van der Waals surface area (Å²) in [6.07, 6.45) is -0.0764. The molecule has 1 unspecified atom stereocenters. The van der Waals surface area contributed by atoms with E-state index in [-0.39, 0.29) is 12.7 Å². The van der Waals surface area contributed by atoms with E-state index in [1.165, 1.54) is 0 Å². The molecule has 1 aliphatic heterocycles. The molecule has 1 saturated heterocycles. The van der Waals surface area contributed by atoms with Crippen molar-refractivity contribution in [3.63, 3.8) is 0 Å². The zero-order valence-corrected chi connectivity index (χ0v) is 11.2. The van der Waals surface area contributed by atoms with Gasteiger partial charge in [0.15, 0.2) is 0 Å². The van der Waals surface area contributed by atoms with E-state index >= 15 is 0 Å². The quantitative estimate of drug-likeness (QED) is 0.824. The second kappa shape index (κ2) is 5.82. The number of hydrogen-bond acceptors (Lipinski definition) is 4. The van der Waals surface area contributed by atoms with E-state index in [1.54, 1.807) is 0 Å². The SMILES string of the molecule is Nc1cccc(Br)c1CN1CCOC(CO)C1. The topological polar surface area (TPSA) is 58.7 Å². The molecule has 0 amide bonds. The Bertz CT molecular complexity index is 367. The van der Waals surface area contributed by atoms with E-state index in [1.807, 2.05) is 18.2 Å². The van der Waals surface area contributed by atoms with E-state index in [2.05, 4.69) is 20.8 Å². The summed E-state index contributed by atoms with van der Waals surface area (Å²) in [7, 11) is 0. The van der Waals surface area contributed by atoms with Crippen molar-refractivity contribution in [2.24, 2.45) is 0 Å². The van der Waals surface area contributed by atoms with Gasteiger partial charge in [0, 0.05) is 35.4 Å². The lowest BCUT2D eigenvalue weighted by Gasteiger charge is -2.32. The molecule has 0 aromatic heterocycles. The van der Waals surface area contributed by atoms with Crippen LogP contribution < -0.4 is 5.73 Å². The van der Waals surface area contributed by atoms with Crippen LogP contribution in [0.5, 0.6) is 0 Å². The van der Waals surface area contributed by atoms with E-state index < -0.39 is 0 Å². The maximum atomic E-state index is 9.10. The monoisotopic (exact) mass is 300 g/mol. The van der Waals surface area contributed by atoms with E-state index in [0.29, 0.717) is 6.61 Å². The summed E-state index contributed by atoms with van der Waals surface area (Å²) in [4.78, 5) is 2.25. The van der Waals surface area contributed by atoms with Crippen LogP contribution in [-0.4, -0.2) is 42.4 Å². The fourth-order valence-corrected chi connectivity index (χ4v) is 2.51. The number of aliphatic hydroxyl groups excluding tert-OH is 1. The Kier molecular flexibility index (Phi) is 4.39. The third kappa shape index (κ3) is 3.19. The van der Waals surface area contributed by atoms with Gasteiger partial charge in [0.1, 0.15) is 0 Å². The molecule has 4 nitrogen and oxygen atoms in total. The summed E-state index contributed by atoms with van der Waals surface area (Å²) < 4.78 is 6.45. The molecule has 1 aromatic carbocycles. The molecule has 0 saturated carbocycles. The highest BCUT2D eigenvalue weighted by Crippen LogP contribution is 2.24. The Labute approximate surface area is 109 Å². The largest absolute Gasteiger partial charge is 0.398 e. The van der Waals surface area contributed by atoms with Gasteiger partial charge in [0.25, 0.3) is 0 Å². The molecule has 5 heteroatoms. The molecule has 0 aliphatic carbocycles. The highest BCUT2D eigenvalue weighted by atomic mass is 79.9. The molecular weight excluding hydrogens is 284 g/mol. The first-order chi connectivity index (χ1) is 8.20. The van der Waals surface area contributed by atoms with Crippen LogP contribution in [0.3, 0.4) is 0 Å². The van der Waals surface area contributed by atoms with Gasteiger partial charge in [-0.15, -0.1) is 0 Å². The maximum absolute atomic E-state index is 9.10. The number of morpholine rings is 1. The minimum absolute atomic E-state index is 0.0714. The van der Waals surface area contributed by atoms with Gasteiger partial charge in [0.05, 0.1) is 19.3 Å². The molecule has 1 aliphatic rings. The van der Waals surface area contributed by atoms with E-state index in [4.69, 9.17) is 15.6 Å². The average Bonchev–Trinajstić information content (AvgIpc) is 2.34. The van der Waals surface area contributed by atoms with Gasteiger partial charge in [0.2, 0.25) is 0 Å². The predicted octanol–water partition coefficient (Wildman–Crippen LogP) is 1.22. The lowest BCUT2D eigenvalue weighted by Crippen LogP contribution is -2.43. The lowest BCUT2D eigenvalue weighted by atomic mass is 10.1. The Morgan fingerprint density at radius 2 is 2.35 bits per heavy atom. The minimum Gasteiger partial charge on any atom is -0.398 e. The molecule has 94 valence electrons. The number of aliphatic hydroxyl groups is 1. The molecular formula is C12H17BrN2O2. The number of halogens is 1. The lowest BCUT2D eigenvalue weighted by molar-refractivity contribution is -0.0551. The molecule has 1 heterocycles. The van der Waals surface area contributed by atoms with Gasteiger partial charge < -0.3 is 15.6 Å². The maximum Gasteiger partial charge on any atom is 0.0933 e. The number of nitrogen functional groups attached to an aromatic ring is 1. The van der Waals surface area contributed by atoms with Crippen molar-refractivity contribution in [1.29, 1.82) is 0 Å². The summed E-state index contributed by atoms with van der Waals surface area (Å²) in [5.41, 5.74) is 7.87. The standard InChI is InChI=1S/C12H17BrN2O2/c13-11-2-1-3-12(14)10(11)7-15-4-5-17-9(6-15)8-16/h1-3,9,16H,4-8,14H2. The first-order valence-electron chi connectivity index (χ1n) is 5.68. The van der Waals surface area contributed by atoms with Crippen LogP contribution in [0.15, 0.2) is 22.7 Å². The van der Waals surface area contributed by atoms with Crippen LogP contribution in [0, 0.1) is 0 Å². The molecule has 0 bridgehead atoms. The summed E-state index contributed by atoms with van der Waals surface area (Å²) in [5, 5.41) is 9.10.